The van der Waals surface area contributed by atoms with Crippen LogP contribution in [0.1, 0.15) is 41.7 Å². The maximum absolute atomic E-state index is 14.5. The van der Waals surface area contributed by atoms with Crippen molar-refractivity contribution in [1.29, 1.82) is 0 Å². The van der Waals surface area contributed by atoms with Gasteiger partial charge in [-0.3, -0.25) is 13.9 Å². The van der Waals surface area contributed by atoms with Crippen molar-refractivity contribution in [2.45, 2.75) is 64.6 Å². The number of sulfonamides is 1. The smallest absolute Gasteiger partial charge is 0.264 e. The molecule has 44 heavy (non-hydrogen) atoms. The fourth-order valence-electron chi connectivity index (χ4n) is 5.14. The van der Waals surface area contributed by atoms with Gasteiger partial charge in [0.05, 0.1) is 10.6 Å². The molecule has 2 amide bonds. The van der Waals surface area contributed by atoms with Gasteiger partial charge in [0.15, 0.2) is 0 Å². The van der Waals surface area contributed by atoms with Crippen LogP contribution in [0.4, 0.5) is 5.69 Å². The lowest BCUT2D eigenvalue weighted by Crippen LogP contribution is -2.54. The van der Waals surface area contributed by atoms with Crippen molar-refractivity contribution in [2.24, 2.45) is 0 Å². The minimum atomic E-state index is -4.14. The van der Waals surface area contributed by atoms with Gasteiger partial charge >= 0.3 is 0 Å². The monoisotopic (exact) mass is 611 g/mol. The molecule has 0 bridgehead atoms. The molecule has 7 nitrogen and oxygen atoms in total. The van der Waals surface area contributed by atoms with Crippen LogP contribution in [0.2, 0.25) is 0 Å². The summed E-state index contributed by atoms with van der Waals surface area (Å²) in [5, 5.41) is 2.99. The fraction of sp³-hybridized carbons (Fsp3) is 0.278. The summed E-state index contributed by atoms with van der Waals surface area (Å²) in [5.74, 6) is -0.779. The molecule has 0 aliphatic carbocycles. The van der Waals surface area contributed by atoms with E-state index in [-0.39, 0.29) is 29.8 Å². The van der Waals surface area contributed by atoms with Crippen molar-refractivity contribution >= 4 is 27.5 Å². The van der Waals surface area contributed by atoms with E-state index in [1.807, 2.05) is 101 Å². The molecule has 8 heteroatoms. The zero-order valence-corrected chi connectivity index (χ0v) is 26.8. The molecule has 1 atom stereocenters. The Kier molecular flexibility index (Phi) is 10.6. The number of amides is 2. The van der Waals surface area contributed by atoms with E-state index in [9.17, 15) is 18.0 Å². The summed E-state index contributed by atoms with van der Waals surface area (Å²) in [6.45, 7) is 9.07. The third-order valence-electron chi connectivity index (χ3n) is 7.41. The molecule has 230 valence electrons. The summed E-state index contributed by atoms with van der Waals surface area (Å²) in [6, 6.07) is 30.0. The van der Waals surface area contributed by atoms with Crippen LogP contribution in [0.25, 0.3) is 0 Å². The summed E-state index contributed by atoms with van der Waals surface area (Å²) in [4.78, 5) is 29.9. The summed E-state index contributed by atoms with van der Waals surface area (Å²) in [7, 11) is -4.14. The van der Waals surface area contributed by atoms with Crippen LogP contribution in [-0.2, 0) is 32.6 Å². The zero-order valence-electron chi connectivity index (χ0n) is 26.0. The average molecular weight is 612 g/mol. The van der Waals surface area contributed by atoms with Crippen molar-refractivity contribution in [1.82, 2.24) is 10.2 Å². The molecule has 0 saturated heterocycles. The van der Waals surface area contributed by atoms with E-state index in [2.05, 4.69) is 5.32 Å². The molecule has 0 spiro atoms. The quantitative estimate of drug-likeness (QED) is 0.214. The fourth-order valence-corrected chi connectivity index (χ4v) is 6.61. The molecule has 0 aromatic heterocycles. The lowest BCUT2D eigenvalue weighted by molar-refractivity contribution is -0.140. The topological polar surface area (TPSA) is 86.8 Å². The normalized spacial score (nSPS) is 12.0. The Hall–Kier alpha value is -4.43. The van der Waals surface area contributed by atoms with Crippen molar-refractivity contribution in [3.05, 3.63) is 131 Å². The number of nitrogens with one attached hydrogen (secondary N) is 1. The Morgan fingerprint density at radius 3 is 2.02 bits per heavy atom. The standard InChI is InChI=1S/C36H41N3O4S/c1-26(2)37-36(41)34(23-30-14-7-6-8-15-30)38(24-31-16-11-12-28(4)22-31)35(40)25-39(33-17-10-9-13-29(33)5)44(42,43)32-20-18-27(3)19-21-32/h6-22,26,34H,23-25H2,1-5H3,(H,37,41)/t34-/m0/s1. The first-order valence-corrected chi connectivity index (χ1v) is 16.2. The highest BCUT2D eigenvalue weighted by Gasteiger charge is 2.35. The largest absolute Gasteiger partial charge is 0.352 e. The van der Waals surface area contributed by atoms with Gasteiger partial charge in [-0.05, 0) is 69.5 Å². The van der Waals surface area contributed by atoms with Crippen LogP contribution in [0.5, 0.6) is 0 Å². The Labute approximate surface area is 261 Å². The first-order chi connectivity index (χ1) is 21.0. The first-order valence-electron chi connectivity index (χ1n) is 14.8. The number of carbonyl (C=O) groups excluding carboxylic acids is 2. The Morgan fingerprint density at radius 2 is 1.39 bits per heavy atom. The Balaban J connectivity index is 1.82. The third-order valence-corrected chi connectivity index (χ3v) is 9.18. The van der Waals surface area contributed by atoms with Gasteiger partial charge < -0.3 is 10.2 Å². The predicted octanol–water partition coefficient (Wildman–Crippen LogP) is 5.97. The van der Waals surface area contributed by atoms with Gasteiger partial charge in [0.25, 0.3) is 10.0 Å². The molecule has 0 aliphatic rings. The van der Waals surface area contributed by atoms with Gasteiger partial charge in [-0.15, -0.1) is 0 Å². The second-order valence-electron chi connectivity index (χ2n) is 11.5. The number of rotatable bonds is 12. The van der Waals surface area contributed by atoms with E-state index >= 15 is 0 Å². The number of para-hydroxylation sites is 1. The maximum atomic E-state index is 14.5. The van der Waals surface area contributed by atoms with E-state index in [0.29, 0.717) is 11.3 Å². The first kappa shape index (κ1) is 32.5. The van der Waals surface area contributed by atoms with Gasteiger partial charge in [-0.2, -0.15) is 0 Å². The van der Waals surface area contributed by atoms with Gasteiger partial charge in [0.1, 0.15) is 12.6 Å². The van der Waals surface area contributed by atoms with E-state index in [0.717, 1.165) is 22.3 Å². The molecular weight excluding hydrogens is 570 g/mol. The molecule has 0 aliphatic heterocycles. The predicted molar refractivity (Wildman–Crippen MR) is 176 cm³/mol. The average Bonchev–Trinajstić information content (AvgIpc) is 2.98. The van der Waals surface area contributed by atoms with E-state index in [4.69, 9.17) is 0 Å². The lowest BCUT2D eigenvalue weighted by Gasteiger charge is -2.34. The Morgan fingerprint density at radius 1 is 0.750 bits per heavy atom. The minimum Gasteiger partial charge on any atom is -0.352 e. The number of aryl methyl sites for hydroxylation is 3. The number of hydrogen-bond acceptors (Lipinski definition) is 4. The van der Waals surface area contributed by atoms with E-state index in [1.165, 1.54) is 9.21 Å². The second kappa shape index (κ2) is 14.4. The minimum absolute atomic E-state index is 0.0859. The molecule has 4 rings (SSSR count). The van der Waals surface area contributed by atoms with Gasteiger partial charge in [0, 0.05) is 19.0 Å². The molecule has 1 N–H and O–H groups in total. The van der Waals surface area contributed by atoms with Crippen LogP contribution in [0.15, 0.2) is 108 Å². The van der Waals surface area contributed by atoms with Crippen molar-refractivity contribution < 1.29 is 18.0 Å². The molecule has 0 radical (unpaired) electrons. The highest BCUT2D eigenvalue weighted by molar-refractivity contribution is 7.92. The highest BCUT2D eigenvalue weighted by atomic mass is 32.2. The van der Waals surface area contributed by atoms with Crippen LogP contribution in [-0.4, -0.2) is 43.8 Å². The summed E-state index contributed by atoms with van der Waals surface area (Å²) >= 11 is 0. The van der Waals surface area contributed by atoms with Crippen molar-refractivity contribution in [2.75, 3.05) is 10.8 Å². The van der Waals surface area contributed by atoms with Crippen LogP contribution in [0, 0.1) is 20.8 Å². The maximum Gasteiger partial charge on any atom is 0.264 e. The van der Waals surface area contributed by atoms with Crippen LogP contribution < -0.4 is 9.62 Å². The van der Waals surface area contributed by atoms with Crippen LogP contribution >= 0.6 is 0 Å². The highest BCUT2D eigenvalue weighted by Crippen LogP contribution is 2.28. The number of carbonyl (C=O) groups is 2. The third kappa shape index (κ3) is 8.14. The molecule has 4 aromatic rings. The van der Waals surface area contributed by atoms with Crippen LogP contribution in [0.3, 0.4) is 0 Å². The molecule has 0 unspecified atom stereocenters. The summed E-state index contributed by atoms with van der Waals surface area (Å²) in [5.41, 5.74) is 4.79. The zero-order chi connectivity index (χ0) is 31.9. The summed E-state index contributed by atoms with van der Waals surface area (Å²) < 4.78 is 29.5. The van der Waals surface area contributed by atoms with Gasteiger partial charge in [0.2, 0.25) is 11.8 Å². The summed E-state index contributed by atoms with van der Waals surface area (Å²) in [6.07, 6.45) is 0.270. The van der Waals surface area contributed by atoms with Gasteiger partial charge in [-0.25, -0.2) is 8.42 Å². The number of anilines is 1. The second-order valence-corrected chi connectivity index (χ2v) is 13.4. The van der Waals surface area contributed by atoms with Crippen molar-refractivity contribution in [3.63, 3.8) is 0 Å². The molecule has 0 saturated carbocycles. The van der Waals surface area contributed by atoms with Gasteiger partial charge in [-0.1, -0.05) is 96.1 Å². The van der Waals surface area contributed by atoms with E-state index < -0.39 is 28.5 Å². The number of nitrogens with zero attached hydrogens (tertiary/aromatic N) is 2. The molecule has 4 aromatic carbocycles. The molecule has 0 heterocycles. The number of benzene rings is 4. The Bertz CT molecular complexity index is 1690. The van der Waals surface area contributed by atoms with Crippen molar-refractivity contribution in [3.8, 4) is 0 Å². The van der Waals surface area contributed by atoms with E-state index in [1.54, 1.807) is 36.4 Å². The molecular formula is C36H41N3O4S. The lowest BCUT2D eigenvalue weighted by atomic mass is 10.0. The SMILES string of the molecule is Cc1ccc(S(=O)(=O)N(CC(=O)N(Cc2cccc(C)c2)[C@@H](Cc2ccccc2)C(=O)NC(C)C)c2ccccc2C)cc1. The number of hydrogen-bond donors (Lipinski definition) is 1. The molecule has 0 fully saturated rings.